The zero-order valence-corrected chi connectivity index (χ0v) is 23.6. The molecular weight excluding hydrogens is 428 g/mol. The minimum atomic E-state index is 0.256. The molecule has 0 saturated heterocycles. The topological polar surface area (TPSA) is 18.5 Å². The van der Waals surface area contributed by atoms with Crippen molar-refractivity contribution in [2.24, 2.45) is 23.2 Å². The fourth-order valence-corrected chi connectivity index (χ4v) is 5.10. The van der Waals surface area contributed by atoms with Gasteiger partial charge in [-0.05, 0) is 55.3 Å². The number of rotatable bonds is 14. The standard InChI is InChI=1S/C33H50O2/c1-8-33(6,7)26-19-20-29-30(23-26)32(35-22-14-12-16-25(4)5)28-18-10-9-17-27(28)31(29)34-21-13-11-15-24(2)3/h9-10,17-20,24-26H,8,11-16,21-23H2,1-7H3. The van der Waals surface area contributed by atoms with Gasteiger partial charge in [0.25, 0.3) is 0 Å². The first-order chi connectivity index (χ1) is 16.7. The molecular formula is C33H50O2. The predicted octanol–water partition coefficient (Wildman–Crippen LogP) is 9.87. The normalized spacial score (nSPS) is 15.7. The Morgan fingerprint density at radius 1 is 0.829 bits per heavy atom. The van der Waals surface area contributed by atoms with Crippen LogP contribution >= 0.6 is 0 Å². The Morgan fingerprint density at radius 2 is 1.37 bits per heavy atom. The Balaban J connectivity index is 1.94. The second kappa shape index (κ2) is 12.8. The molecule has 0 heterocycles. The lowest BCUT2D eigenvalue weighted by atomic mass is 9.70. The molecule has 0 bridgehead atoms. The highest BCUT2D eigenvalue weighted by atomic mass is 16.5. The third-order valence-corrected chi connectivity index (χ3v) is 7.94. The molecule has 1 aliphatic rings. The molecule has 1 atom stereocenters. The summed E-state index contributed by atoms with van der Waals surface area (Å²) in [5.41, 5.74) is 2.85. The highest BCUT2D eigenvalue weighted by Crippen LogP contribution is 2.47. The SMILES string of the molecule is CCC(C)(C)C1C=Cc2c(c(OCCCCC(C)C)c3ccccc3c2OCCCCC(C)C)C1. The van der Waals surface area contributed by atoms with Gasteiger partial charge < -0.3 is 9.47 Å². The van der Waals surface area contributed by atoms with Crippen molar-refractivity contribution < 1.29 is 9.47 Å². The van der Waals surface area contributed by atoms with Crippen molar-refractivity contribution in [2.75, 3.05) is 13.2 Å². The van der Waals surface area contributed by atoms with E-state index in [0.717, 1.165) is 62.2 Å². The summed E-state index contributed by atoms with van der Waals surface area (Å²) in [5.74, 6) is 4.15. The lowest BCUT2D eigenvalue weighted by Crippen LogP contribution is -2.26. The Morgan fingerprint density at radius 3 is 1.91 bits per heavy atom. The van der Waals surface area contributed by atoms with E-state index in [-0.39, 0.29) is 5.41 Å². The zero-order valence-electron chi connectivity index (χ0n) is 23.6. The molecule has 0 fully saturated rings. The number of hydrogen-bond acceptors (Lipinski definition) is 2. The molecule has 194 valence electrons. The number of ether oxygens (including phenoxy) is 2. The van der Waals surface area contributed by atoms with E-state index in [2.05, 4.69) is 84.9 Å². The van der Waals surface area contributed by atoms with Gasteiger partial charge in [-0.15, -0.1) is 0 Å². The second-order valence-electron chi connectivity index (χ2n) is 12.1. The smallest absolute Gasteiger partial charge is 0.134 e. The molecule has 0 N–H and O–H groups in total. The van der Waals surface area contributed by atoms with Crippen molar-refractivity contribution in [2.45, 2.75) is 99.8 Å². The first-order valence-electron chi connectivity index (χ1n) is 14.3. The van der Waals surface area contributed by atoms with E-state index < -0.39 is 0 Å². The average Bonchev–Trinajstić information content (AvgIpc) is 2.83. The van der Waals surface area contributed by atoms with Gasteiger partial charge in [0, 0.05) is 21.9 Å². The van der Waals surface area contributed by atoms with E-state index in [0.29, 0.717) is 5.92 Å². The van der Waals surface area contributed by atoms with E-state index in [4.69, 9.17) is 9.47 Å². The van der Waals surface area contributed by atoms with Gasteiger partial charge in [-0.2, -0.15) is 0 Å². The van der Waals surface area contributed by atoms with Gasteiger partial charge in [-0.3, -0.25) is 0 Å². The molecule has 0 radical (unpaired) electrons. The molecule has 0 aliphatic heterocycles. The molecule has 2 nitrogen and oxygen atoms in total. The number of allylic oxidation sites excluding steroid dienone is 1. The Hall–Kier alpha value is -1.96. The molecule has 2 heteroatoms. The van der Waals surface area contributed by atoms with Crippen molar-refractivity contribution >= 4 is 16.8 Å². The second-order valence-corrected chi connectivity index (χ2v) is 12.1. The Labute approximate surface area is 215 Å². The van der Waals surface area contributed by atoms with Crippen LogP contribution in [0.1, 0.15) is 105 Å². The van der Waals surface area contributed by atoms with E-state index in [1.807, 2.05) is 0 Å². The molecule has 0 saturated carbocycles. The fourth-order valence-electron chi connectivity index (χ4n) is 5.10. The van der Waals surface area contributed by atoms with Gasteiger partial charge in [0.15, 0.2) is 0 Å². The minimum absolute atomic E-state index is 0.256. The van der Waals surface area contributed by atoms with Gasteiger partial charge in [-0.25, -0.2) is 0 Å². The lowest BCUT2D eigenvalue weighted by Gasteiger charge is -2.35. The van der Waals surface area contributed by atoms with Gasteiger partial charge in [-0.1, -0.05) is 104 Å². The Kier molecular flexibility index (Phi) is 10.1. The van der Waals surface area contributed by atoms with Crippen LogP contribution in [0.3, 0.4) is 0 Å². The van der Waals surface area contributed by atoms with Crippen molar-refractivity contribution in [1.29, 1.82) is 0 Å². The lowest BCUT2D eigenvalue weighted by molar-refractivity contribution is 0.241. The van der Waals surface area contributed by atoms with E-state index in [9.17, 15) is 0 Å². The summed E-state index contributed by atoms with van der Waals surface area (Å²) in [5, 5.41) is 2.39. The molecule has 0 amide bonds. The molecule has 2 aromatic carbocycles. The van der Waals surface area contributed by atoms with Crippen LogP contribution < -0.4 is 9.47 Å². The van der Waals surface area contributed by atoms with Crippen LogP contribution in [0.25, 0.3) is 16.8 Å². The largest absolute Gasteiger partial charge is 0.493 e. The van der Waals surface area contributed by atoms with E-state index in [1.165, 1.54) is 47.6 Å². The monoisotopic (exact) mass is 478 g/mol. The summed E-state index contributed by atoms with van der Waals surface area (Å²) in [6.45, 7) is 17.8. The quantitative estimate of drug-likeness (QED) is 0.251. The van der Waals surface area contributed by atoms with Crippen molar-refractivity contribution in [3.63, 3.8) is 0 Å². The molecule has 1 unspecified atom stereocenters. The Bertz CT molecular complexity index is 967. The summed E-state index contributed by atoms with van der Waals surface area (Å²) in [7, 11) is 0. The molecule has 35 heavy (non-hydrogen) atoms. The molecule has 1 aliphatic carbocycles. The zero-order chi connectivity index (χ0) is 25.4. The summed E-state index contributed by atoms with van der Waals surface area (Å²) in [4.78, 5) is 0. The van der Waals surface area contributed by atoms with Crippen LogP contribution in [0.2, 0.25) is 0 Å². The van der Waals surface area contributed by atoms with Crippen LogP contribution in [0.5, 0.6) is 11.5 Å². The van der Waals surface area contributed by atoms with Crippen LogP contribution in [-0.4, -0.2) is 13.2 Å². The van der Waals surface area contributed by atoms with Gasteiger partial charge in [0.2, 0.25) is 0 Å². The van der Waals surface area contributed by atoms with E-state index >= 15 is 0 Å². The summed E-state index contributed by atoms with van der Waals surface area (Å²) in [6, 6.07) is 8.70. The number of benzene rings is 2. The predicted molar refractivity (Wildman–Crippen MR) is 153 cm³/mol. The fraction of sp³-hybridized carbons (Fsp3) is 0.636. The number of unbranched alkanes of at least 4 members (excludes halogenated alkanes) is 2. The summed E-state index contributed by atoms with van der Waals surface area (Å²) in [6.07, 6.45) is 14.1. The summed E-state index contributed by atoms with van der Waals surface area (Å²) >= 11 is 0. The van der Waals surface area contributed by atoms with Crippen molar-refractivity contribution in [3.8, 4) is 11.5 Å². The highest BCUT2D eigenvalue weighted by molar-refractivity contribution is 5.98. The molecule has 0 aromatic heterocycles. The number of fused-ring (bicyclic) bond motifs is 2. The molecule has 3 rings (SSSR count). The van der Waals surface area contributed by atoms with Gasteiger partial charge in [0.05, 0.1) is 13.2 Å². The first-order valence-corrected chi connectivity index (χ1v) is 14.3. The average molecular weight is 479 g/mol. The van der Waals surface area contributed by atoms with Crippen LogP contribution in [0, 0.1) is 23.2 Å². The van der Waals surface area contributed by atoms with Crippen LogP contribution in [0.15, 0.2) is 30.3 Å². The van der Waals surface area contributed by atoms with Crippen LogP contribution in [-0.2, 0) is 6.42 Å². The highest BCUT2D eigenvalue weighted by Gasteiger charge is 2.32. The molecule has 2 aromatic rings. The minimum Gasteiger partial charge on any atom is -0.493 e. The maximum absolute atomic E-state index is 6.63. The third kappa shape index (κ3) is 7.28. The van der Waals surface area contributed by atoms with Crippen molar-refractivity contribution in [3.05, 3.63) is 41.5 Å². The maximum atomic E-state index is 6.63. The van der Waals surface area contributed by atoms with Gasteiger partial charge in [0.1, 0.15) is 11.5 Å². The summed E-state index contributed by atoms with van der Waals surface area (Å²) < 4.78 is 13.2. The van der Waals surface area contributed by atoms with E-state index in [1.54, 1.807) is 0 Å². The van der Waals surface area contributed by atoms with Gasteiger partial charge >= 0.3 is 0 Å². The third-order valence-electron chi connectivity index (χ3n) is 7.94. The first kappa shape index (κ1) is 27.6. The maximum Gasteiger partial charge on any atom is 0.134 e. The molecule has 0 spiro atoms. The van der Waals surface area contributed by atoms with Crippen molar-refractivity contribution in [1.82, 2.24) is 0 Å². The number of hydrogen-bond donors (Lipinski definition) is 0. The van der Waals surface area contributed by atoms with Crippen LogP contribution in [0.4, 0.5) is 0 Å².